The summed E-state index contributed by atoms with van der Waals surface area (Å²) in [7, 11) is 1.92. The van der Waals surface area contributed by atoms with Crippen LogP contribution in [0.25, 0.3) is 0 Å². The first-order chi connectivity index (χ1) is 8.70. The summed E-state index contributed by atoms with van der Waals surface area (Å²) in [6.45, 7) is 2.00. The van der Waals surface area contributed by atoms with Gasteiger partial charge in [-0.1, -0.05) is 6.07 Å². The van der Waals surface area contributed by atoms with E-state index in [-0.39, 0.29) is 6.04 Å². The maximum Gasteiger partial charge on any atom is 0.0521 e. The van der Waals surface area contributed by atoms with Gasteiger partial charge in [0.2, 0.25) is 0 Å². The Kier molecular flexibility index (Phi) is 4.07. The number of hydrogen-bond donors (Lipinski definition) is 2. The molecule has 2 aromatic rings. The average molecular weight is 245 g/mol. The van der Waals surface area contributed by atoms with Gasteiger partial charge in [0, 0.05) is 31.2 Å². The molecule has 0 fully saturated rings. The molecule has 5 nitrogen and oxygen atoms in total. The van der Waals surface area contributed by atoms with Gasteiger partial charge < -0.3 is 0 Å². The number of nitrogens with zero attached hydrogens (tertiary/aromatic N) is 3. The molecule has 0 aromatic carbocycles. The standard InChI is InChI=1S/C13H19N5/c1-10-12(4-3-7-15-10)13(17-14)6-5-11-8-16-18(2)9-11/h3-4,7-9,13,17H,5-6,14H2,1-2H3. The van der Waals surface area contributed by atoms with Crippen molar-refractivity contribution < 1.29 is 0 Å². The van der Waals surface area contributed by atoms with Gasteiger partial charge >= 0.3 is 0 Å². The van der Waals surface area contributed by atoms with Crippen LogP contribution in [-0.4, -0.2) is 14.8 Å². The van der Waals surface area contributed by atoms with Gasteiger partial charge in [0.15, 0.2) is 0 Å². The molecule has 0 radical (unpaired) electrons. The highest BCUT2D eigenvalue weighted by atomic mass is 15.2. The second-order valence-corrected chi connectivity index (χ2v) is 4.46. The van der Waals surface area contributed by atoms with E-state index in [1.54, 1.807) is 6.20 Å². The minimum absolute atomic E-state index is 0.124. The molecule has 0 bridgehead atoms. The van der Waals surface area contributed by atoms with E-state index in [2.05, 4.69) is 21.6 Å². The van der Waals surface area contributed by atoms with Crippen molar-refractivity contribution in [3.05, 3.63) is 47.5 Å². The third-order valence-electron chi connectivity index (χ3n) is 3.10. The third kappa shape index (κ3) is 2.94. The van der Waals surface area contributed by atoms with E-state index in [1.807, 2.05) is 37.1 Å². The molecule has 0 amide bonds. The average Bonchev–Trinajstić information content (AvgIpc) is 2.78. The van der Waals surface area contributed by atoms with Crippen LogP contribution in [0.4, 0.5) is 0 Å². The fraction of sp³-hybridized carbons (Fsp3) is 0.385. The van der Waals surface area contributed by atoms with E-state index in [1.165, 1.54) is 5.56 Å². The number of hydrazine groups is 1. The van der Waals surface area contributed by atoms with Crippen LogP contribution in [0, 0.1) is 6.92 Å². The maximum atomic E-state index is 5.64. The smallest absolute Gasteiger partial charge is 0.0521 e. The number of hydrogen-bond acceptors (Lipinski definition) is 4. The highest BCUT2D eigenvalue weighted by molar-refractivity contribution is 5.22. The summed E-state index contributed by atoms with van der Waals surface area (Å²) in [5.74, 6) is 5.64. The summed E-state index contributed by atoms with van der Waals surface area (Å²) in [5.41, 5.74) is 6.27. The van der Waals surface area contributed by atoms with Crippen LogP contribution in [0.15, 0.2) is 30.7 Å². The van der Waals surface area contributed by atoms with Crippen molar-refractivity contribution in [2.45, 2.75) is 25.8 Å². The summed E-state index contributed by atoms with van der Waals surface area (Å²) in [6, 6.07) is 4.13. The van der Waals surface area contributed by atoms with Crippen LogP contribution >= 0.6 is 0 Å². The van der Waals surface area contributed by atoms with Crippen LogP contribution in [0.2, 0.25) is 0 Å². The second kappa shape index (κ2) is 5.75. The number of aryl methyl sites for hydroxylation is 3. The first-order valence-electron chi connectivity index (χ1n) is 6.06. The van der Waals surface area contributed by atoms with Crippen molar-refractivity contribution in [3.8, 4) is 0 Å². The molecule has 3 N–H and O–H groups in total. The predicted molar refractivity (Wildman–Crippen MR) is 70.6 cm³/mol. The van der Waals surface area contributed by atoms with E-state index < -0.39 is 0 Å². The fourth-order valence-electron chi connectivity index (χ4n) is 2.11. The van der Waals surface area contributed by atoms with E-state index in [4.69, 9.17) is 5.84 Å². The lowest BCUT2D eigenvalue weighted by atomic mass is 10.00. The van der Waals surface area contributed by atoms with Crippen molar-refractivity contribution in [2.75, 3.05) is 0 Å². The molecule has 1 atom stereocenters. The topological polar surface area (TPSA) is 68.8 Å². The Balaban J connectivity index is 2.04. The Labute approximate surface area is 107 Å². The van der Waals surface area contributed by atoms with Crippen molar-refractivity contribution in [1.29, 1.82) is 0 Å². The van der Waals surface area contributed by atoms with E-state index in [0.717, 1.165) is 24.1 Å². The Morgan fingerprint density at radius 3 is 2.94 bits per heavy atom. The zero-order valence-electron chi connectivity index (χ0n) is 10.8. The van der Waals surface area contributed by atoms with E-state index >= 15 is 0 Å². The van der Waals surface area contributed by atoms with Crippen molar-refractivity contribution in [1.82, 2.24) is 20.2 Å². The molecule has 0 saturated heterocycles. The summed E-state index contributed by atoms with van der Waals surface area (Å²) >= 11 is 0. The lowest BCUT2D eigenvalue weighted by molar-refractivity contribution is 0.512. The highest BCUT2D eigenvalue weighted by Crippen LogP contribution is 2.20. The first-order valence-corrected chi connectivity index (χ1v) is 6.06. The van der Waals surface area contributed by atoms with Crippen LogP contribution in [0.5, 0.6) is 0 Å². The van der Waals surface area contributed by atoms with E-state index in [0.29, 0.717) is 0 Å². The van der Waals surface area contributed by atoms with Gasteiger partial charge in [0.1, 0.15) is 0 Å². The Bertz CT molecular complexity index is 506. The quantitative estimate of drug-likeness (QED) is 0.614. The largest absolute Gasteiger partial charge is 0.276 e. The molecule has 0 aliphatic rings. The number of nitrogens with one attached hydrogen (secondary N) is 1. The number of pyridine rings is 1. The predicted octanol–water partition coefficient (Wildman–Crippen LogP) is 1.26. The summed E-state index contributed by atoms with van der Waals surface area (Å²) < 4.78 is 1.82. The molecule has 2 heterocycles. The van der Waals surface area contributed by atoms with Crippen LogP contribution in [0.3, 0.4) is 0 Å². The molecule has 0 saturated carbocycles. The van der Waals surface area contributed by atoms with E-state index in [9.17, 15) is 0 Å². The molecular formula is C13H19N5. The number of aromatic nitrogens is 3. The Morgan fingerprint density at radius 1 is 1.50 bits per heavy atom. The maximum absolute atomic E-state index is 5.64. The lowest BCUT2D eigenvalue weighted by Crippen LogP contribution is -2.29. The summed E-state index contributed by atoms with van der Waals surface area (Å²) in [4.78, 5) is 4.30. The minimum atomic E-state index is 0.124. The molecule has 5 heteroatoms. The summed E-state index contributed by atoms with van der Waals surface area (Å²) in [5, 5.41) is 4.16. The van der Waals surface area contributed by atoms with Gasteiger partial charge in [-0.25, -0.2) is 0 Å². The molecule has 1 unspecified atom stereocenters. The molecule has 0 spiro atoms. The molecule has 2 rings (SSSR count). The molecule has 2 aromatic heterocycles. The third-order valence-corrected chi connectivity index (χ3v) is 3.10. The molecule has 18 heavy (non-hydrogen) atoms. The van der Waals surface area contributed by atoms with Crippen molar-refractivity contribution in [2.24, 2.45) is 12.9 Å². The SMILES string of the molecule is Cc1ncccc1C(CCc1cnn(C)c1)NN. The van der Waals surface area contributed by atoms with Crippen LogP contribution in [-0.2, 0) is 13.5 Å². The number of nitrogens with two attached hydrogens (primary N) is 1. The van der Waals surface area contributed by atoms with Gasteiger partial charge in [0.05, 0.1) is 6.20 Å². The second-order valence-electron chi connectivity index (χ2n) is 4.46. The molecular weight excluding hydrogens is 226 g/mol. The Hall–Kier alpha value is -1.72. The first kappa shape index (κ1) is 12.7. The molecule has 96 valence electrons. The molecule has 0 aliphatic heterocycles. The lowest BCUT2D eigenvalue weighted by Gasteiger charge is -2.17. The Morgan fingerprint density at radius 2 is 2.33 bits per heavy atom. The van der Waals surface area contributed by atoms with Gasteiger partial charge in [-0.3, -0.25) is 20.9 Å². The zero-order valence-corrected chi connectivity index (χ0v) is 10.8. The van der Waals surface area contributed by atoms with Gasteiger partial charge in [-0.15, -0.1) is 0 Å². The fourth-order valence-corrected chi connectivity index (χ4v) is 2.11. The normalized spacial score (nSPS) is 12.6. The van der Waals surface area contributed by atoms with Crippen LogP contribution in [0.1, 0.15) is 29.3 Å². The minimum Gasteiger partial charge on any atom is -0.276 e. The van der Waals surface area contributed by atoms with Crippen molar-refractivity contribution in [3.63, 3.8) is 0 Å². The highest BCUT2D eigenvalue weighted by Gasteiger charge is 2.12. The van der Waals surface area contributed by atoms with Gasteiger partial charge in [-0.05, 0) is 37.0 Å². The zero-order chi connectivity index (χ0) is 13.0. The van der Waals surface area contributed by atoms with Gasteiger partial charge in [0.25, 0.3) is 0 Å². The van der Waals surface area contributed by atoms with Gasteiger partial charge in [-0.2, -0.15) is 5.10 Å². The monoisotopic (exact) mass is 245 g/mol. The molecule has 0 aliphatic carbocycles. The number of rotatable bonds is 5. The van der Waals surface area contributed by atoms with Crippen LogP contribution < -0.4 is 11.3 Å². The summed E-state index contributed by atoms with van der Waals surface area (Å²) in [6.07, 6.45) is 7.59. The van der Waals surface area contributed by atoms with Crippen molar-refractivity contribution >= 4 is 0 Å².